The predicted octanol–water partition coefficient (Wildman–Crippen LogP) is 1.55. The van der Waals surface area contributed by atoms with Crippen molar-refractivity contribution in [3.8, 4) is 17.9 Å². The monoisotopic (exact) mass is 188 g/mol. The van der Waals surface area contributed by atoms with Crippen molar-refractivity contribution in [2.45, 2.75) is 13.0 Å². The van der Waals surface area contributed by atoms with E-state index >= 15 is 0 Å². The van der Waals surface area contributed by atoms with Gasteiger partial charge in [-0.05, 0) is 17.7 Å². The summed E-state index contributed by atoms with van der Waals surface area (Å²) in [6, 6.07) is 6.41. The molecule has 0 heterocycles. The minimum Gasteiger partial charge on any atom is -0.326 e. The number of nitrogens with zero attached hydrogens (tertiary/aromatic N) is 1. The van der Waals surface area contributed by atoms with Crippen LogP contribution in [-0.2, 0) is 6.54 Å². The maximum Gasteiger partial charge on any atom is 0.138 e. The molecule has 2 N–H and O–H groups in total. The van der Waals surface area contributed by atoms with Crippen LogP contribution in [0.15, 0.2) is 18.2 Å². The summed E-state index contributed by atoms with van der Waals surface area (Å²) in [7, 11) is 0. The summed E-state index contributed by atoms with van der Waals surface area (Å²) in [5.74, 6) is 4.76. The van der Waals surface area contributed by atoms with Crippen LogP contribution in [0.25, 0.3) is 0 Å². The van der Waals surface area contributed by atoms with E-state index in [1.165, 1.54) is 6.07 Å². The van der Waals surface area contributed by atoms with Gasteiger partial charge in [-0.15, -0.1) is 0 Å². The van der Waals surface area contributed by atoms with Crippen LogP contribution in [0.4, 0.5) is 4.39 Å². The zero-order valence-electron chi connectivity index (χ0n) is 7.55. The molecule has 0 bridgehead atoms. The average molecular weight is 188 g/mol. The highest BCUT2D eigenvalue weighted by Crippen LogP contribution is 2.08. The molecule has 1 aromatic rings. The maximum atomic E-state index is 13.1. The van der Waals surface area contributed by atoms with Gasteiger partial charge in [-0.1, -0.05) is 17.9 Å². The number of benzene rings is 1. The van der Waals surface area contributed by atoms with Crippen LogP contribution in [0, 0.1) is 29.0 Å². The third-order valence-electron chi connectivity index (χ3n) is 1.66. The Morgan fingerprint density at radius 2 is 2.21 bits per heavy atom. The Kier molecular flexibility index (Phi) is 3.67. The molecule has 0 aliphatic carbocycles. The van der Waals surface area contributed by atoms with Crippen molar-refractivity contribution in [1.82, 2.24) is 0 Å². The zero-order chi connectivity index (χ0) is 10.4. The molecule has 0 saturated carbocycles. The van der Waals surface area contributed by atoms with Crippen LogP contribution < -0.4 is 5.73 Å². The summed E-state index contributed by atoms with van der Waals surface area (Å²) in [6.45, 7) is 0.354. The average Bonchev–Trinajstić information content (AvgIpc) is 2.21. The van der Waals surface area contributed by atoms with E-state index in [4.69, 9.17) is 11.0 Å². The highest BCUT2D eigenvalue weighted by atomic mass is 19.1. The molecule has 2 nitrogen and oxygen atoms in total. The second kappa shape index (κ2) is 5.01. The van der Waals surface area contributed by atoms with Crippen molar-refractivity contribution in [2.75, 3.05) is 0 Å². The smallest absolute Gasteiger partial charge is 0.138 e. The topological polar surface area (TPSA) is 49.8 Å². The fourth-order valence-electron chi connectivity index (χ4n) is 0.974. The predicted molar refractivity (Wildman–Crippen MR) is 51.4 cm³/mol. The molecular formula is C11H9FN2. The minimum atomic E-state index is -0.382. The molecular weight excluding hydrogens is 179 g/mol. The van der Waals surface area contributed by atoms with Gasteiger partial charge in [-0.25, -0.2) is 4.39 Å². The maximum absolute atomic E-state index is 13.1. The summed E-state index contributed by atoms with van der Waals surface area (Å²) in [6.07, 6.45) is 0.103. The lowest BCUT2D eigenvalue weighted by Crippen LogP contribution is -1.97. The molecule has 0 spiro atoms. The summed E-state index contributed by atoms with van der Waals surface area (Å²) >= 11 is 0. The first-order valence-corrected chi connectivity index (χ1v) is 4.12. The van der Waals surface area contributed by atoms with Gasteiger partial charge in [0.25, 0.3) is 0 Å². The Morgan fingerprint density at radius 3 is 2.86 bits per heavy atom. The lowest BCUT2D eigenvalue weighted by Gasteiger charge is -1.98. The molecule has 0 fully saturated rings. The van der Waals surface area contributed by atoms with E-state index in [0.717, 1.165) is 5.56 Å². The Balaban J connectivity index is 2.98. The van der Waals surface area contributed by atoms with Gasteiger partial charge in [0, 0.05) is 6.54 Å². The SMILES string of the molecule is N#CCC#Cc1cc(CN)ccc1F. The van der Waals surface area contributed by atoms with Crippen LogP contribution in [0.3, 0.4) is 0 Å². The lowest BCUT2D eigenvalue weighted by atomic mass is 10.1. The third kappa shape index (κ3) is 2.58. The second-order valence-corrected chi connectivity index (χ2v) is 2.65. The largest absolute Gasteiger partial charge is 0.326 e. The van der Waals surface area contributed by atoms with E-state index in [1.807, 2.05) is 6.07 Å². The van der Waals surface area contributed by atoms with Crippen LogP contribution in [0.2, 0.25) is 0 Å². The molecule has 1 rings (SSSR count). The number of hydrogen-bond donors (Lipinski definition) is 1. The molecule has 0 atom stereocenters. The molecule has 0 aliphatic rings. The summed E-state index contributed by atoms with van der Waals surface area (Å²) in [4.78, 5) is 0. The van der Waals surface area contributed by atoms with Crippen LogP contribution in [0.5, 0.6) is 0 Å². The summed E-state index contributed by atoms with van der Waals surface area (Å²) in [5, 5.41) is 8.25. The van der Waals surface area contributed by atoms with Crippen molar-refractivity contribution in [1.29, 1.82) is 5.26 Å². The molecule has 70 valence electrons. The number of hydrogen-bond acceptors (Lipinski definition) is 2. The Hall–Kier alpha value is -1.84. The van der Waals surface area contributed by atoms with E-state index in [2.05, 4.69) is 11.8 Å². The van der Waals surface area contributed by atoms with Gasteiger partial charge in [-0.3, -0.25) is 0 Å². The molecule has 0 aromatic heterocycles. The first kappa shape index (κ1) is 10.2. The number of halogens is 1. The van der Waals surface area contributed by atoms with Crippen molar-refractivity contribution in [2.24, 2.45) is 5.73 Å². The van der Waals surface area contributed by atoms with Gasteiger partial charge in [0.2, 0.25) is 0 Å². The van der Waals surface area contributed by atoms with Crippen molar-refractivity contribution < 1.29 is 4.39 Å². The van der Waals surface area contributed by atoms with E-state index in [1.54, 1.807) is 12.1 Å². The Labute approximate surface area is 82.2 Å². The quantitative estimate of drug-likeness (QED) is 0.680. The zero-order valence-corrected chi connectivity index (χ0v) is 7.55. The molecule has 14 heavy (non-hydrogen) atoms. The minimum absolute atomic E-state index is 0.103. The van der Waals surface area contributed by atoms with E-state index in [0.29, 0.717) is 12.1 Å². The molecule has 0 amide bonds. The van der Waals surface area contributed by atoms with Crippen LogP contribution in [-0.4, -0.2) is 0 Å². The van der Waals surface area contributed by atoms with Gasteiger partial charge < -0.3 is 5.73 Å². The fourth-order valence-corrected chi connectivity index (χ4v) is 0.974. The number of nitriles is 1. The Bertz CT molecular complexity index is 421. The fraction of sp³-hybridized carbons (Fsp3) is 0.182. The second-order valence-electron chi connectivity index (χ2n) is 2.65. The first-order valence-electron chi connectivity index (χ1n) is 4.12. The van der Waals surface area contributed by atoms with Crippen molar-refractivity contribution in [3.63, 3.8) is 0 Å². The third-order valence-corrected chi connectivity index (χ3v) is 1.66. The number of rotatable bonds is 1. The summed E-state index contributed by atoms with van der Waals surface area (Å²) < 4.78 is 13.1. The molecule has 0 aliphatic heterocycles. The van der Waals surface area contributed by atoms with Crippen molar-refractivity contribution >= 4 is 0 Å². The van der Waals surface area contributed by atoms with Crippen LogP contribution >= 0.6 is 0 Å². The highest BCUT2D eigenvalue weighted by Gasteiger charge is 1.99. The van der Waals surface area contributed by atoms with E-state index in [-0.39, 0.29) is 12.2 Å². The molecule has 0 saturated heterocycles. The standard InChI is InChI=1S/C11H9FN2/c12-11-5-4-9(8-14)7-10(11)3-1-2-6-13/h4-5,7H,2,8,14H2. The van der Waals surface area contributed by atoms with Gasteiger partial charge >= 0.3 is 0 Å². The van der Waals surface area contributed by atoms with E-state index < -0.39 is 0 Å². The molecule has 3 heteroatoms. The number of nitrogens with two attached hydrogens (primary N) is 1. The van der Waals surface area contributed by atoms with Gasteiger partial charge in [0.1, 0.15) is 5.82 Å². The summed E-state index contributed by atoms with van der Waals surface area (Å²) in [5.41, 5.74) is 6.52. The Morgan fingerprint density at radius 1 is 1.43 bits per heavy atom. The van der Waals surface area contributed by atoms with Gasteiger partial charge in [-0.2, -0.15) is 5.26 Å². The molecule has 1 aromatic carbocycles. The first-order chi connectivity index (χ1) is 6.77. The van der Waals surface area contributed by atoms with Crippen molar-refractivity contribution in [3.05, 3.63) is 35.1 Å². The van der Waals surface area contributed by atoms with Gasteiger partial charge in [0.15, 0.2) is 0 Å². The van der Waals surface area contributed by atoms with Crippen LogP contribution in [0.1, 0.15) is 17.5 Å². The lowest BCUT2D eigenvalue weighted by molar-refractivity contribution is 0.623. The molecule has 0 radical (unpaired) electrons. The van der Waals surface area contributed by atoms with E-state index in [9.17, 15) is 4.39 Å². The highest BCUT2D eigenvalue weighted by molar-refractivity contribution is 5.38. The molecule has 0 unspecified atom stereocenters. The van der Waals surface area contributed by atoms with Gasteiger partial charge in [0.05, 0.1) is 18.1 Å². The normalized spacial score (nSPS) is 8.64.